The van der Waals surface area contributed by atoms with E-state index < -0.39 is 11.9 Å². The van der Waals surface area contributed by atoms with Crippen LogP contribution < -0.4 is 5.32 Å². The van der Waals surface area contributed by atoms with Gasteiger partial charge in [0.1, 0.15) is 16.0 Å². The molecule has 2 aromatic heterocycles. The number of aromatic amines is 1. The molecule has 2 N–H and O–H groups in total. The Morgan fingerprint density at radius 1 is 1.48 bits per heavy atom. The highest BCUT2D eigenvalue weighted by Crippen LogP contribution is 2.25. The van der Waals surface area contributed by atoms with Crippen LogP contribution in [0.5, 0.6) is 0 Å². The molecule has 2 rings (SSSR count). The summed E-state index contributed by atoms with van der Waals surface area (Å²) in [5.74, 6) is -0.800. The lowest BCUT2D eigenvalue weighted by molar-refractivity contribution is 0.0527. The Kier molecular flexibility index (Phi) is 4.78. The standard InChI is InChI=1S/C11H11Br2N5O3/c1-3-21-11(20)5-4-14-18(2)9(5)15-10(19)7-6(12)8(13)17-16-7/h4H,3H2,1-2H3,(H,15,19)(H,16,17). The maximum absolute atomic E-state index is 12.2. The van der Waals surface area contributed by atoms with Gasteiger partial charge in [0.15, 0.2) is 5.69 Å². The van der Waals surface area contributed by atoms with E-state index in [1.54, 1.807) is 14.0 Å². The van der Waals surface area contributed by atoms with Gasteiger partial charge in [0.25, 0.3) is 5.91 Å². The van der Waals surface area contributed by atoms with Crippen molar-refractivity contribution in [3.05, 3.63) is 26.5 Å². The van der Waals surface area contributed by atoms with E-state index in [2.05, 4.69) is 52.5 Å². The number of hydrogen-bond acceptors (Lipinski definition) is 5. The van der Waals surface area contributed by atoms with Gasteiger partial charge in [-0.25, -0.2) is 4.79 Å². The van der Waals surface area contributed by atoms with Gasteiger partial charge in [-0.15, -0.1) is 0 Å². The minimum atomic E-state index is -0.553. The van der Waals surface area contributed by atoms with Gasteiger partial charge in [0.05, 0.1) is 17.3 Å². The van der Waals surface area contributed by atoms with Crippen molar-refractivity contribution in [1.29, 1.82) is 0 Å². The van der Waals surface area contributed by atoms with Crippen LogP contribution in [0.15, 0.2) is 15.3 Å². The van der Waals surface area contributed by atoms with Crippen molar-refractivity contribution in [3.63, 3.8) is 0 Å². The molecule has 0 aliphatic rings. The molecule has 2 aromatic rings. The molecule has 0 aliphatic carbocycles. The Morgan fingerprint density at radius 2 is 2.19 bits per heavy atom. The SMILES string of the molecule is CCOC(=O)c1cnn(C)c1NC(=O)c1n[nH]c(Br)c1Br. The molecular weight excluding hydrogens is 410 g/mol. The number of nitrogens with zero attached hydrogens (tertiary/aromatic N) is 3. The van der Waals surface area contributed by atoms with Gasteiger partial charge < -0.3 is 10.1 Å². The van der Waals surface area contributed by atoms with E-state index in [4.69, 9.17) is 4.74 Å². The van der Waals surface area contributed by atoms with Crippen LogP contribution >= 0.6 is 31.9 Å². The third kappa shape index (κ3) is 3.16. The van der Waals surface area contributed by atoms with Crippen molar-refractivity contribution < 1.29 is 14.3 Å². The van der Waals surface area contributed by atoms with E-state index in [-0.39, 0.29) is 23.7 Å². The lowest BCUT2D eigenvalue weighted by atomic mass is 10.3. The number of hydrogen-bond donors (Lipinski definition) is 2. The summed E-state index contributed by atoms with van der Waals surface area (Å²) >= 11 is 6.43. The van der Waals surface area contributed by atoms with Gasteiger partial charge in [-0.3, -0.25) is 14.6 Å². The largest absolute Gasteiger partial charge is 0.462 e. The van der Waals surface area contributed by atoms with Crippen LogP contribution in [0.4, 0.5) is 5.82 Å². The van der Waals surface area contributed by atoms with Crippen molar-refractivity contribution in [1.82, 2.24) is 20.0 Å². The number of ether oxygens (including phenoxy) is 1. The molecule has 112 valence electrons. The number of amides is 1. The van der Waals surface area contributed by atoms with E-state index in [0.717, 1.165) is 0 Å². The first kappa shape index (κ1) is 15.7. The normalized spacial score (nSPS) is 10.5. The van der Waals surface area contributed by atoms with Crippen LogP contribution in [0.2, 0.25) is 0 Å². The molecule has 0 atom stereocenters. The van der Waals surface area contributed by atoms with E-state index >= 15 is 0 Å². The van der Waals surface area contributed by atoms with Crippen molar-refractivity contribution in [2.45, 2.75) is 6.92 Å². The number of carbonyl (C=O) groups is 2. The second-order valence-electron chi connectivity index (χ2n) is 3.91. The minimum absolute atomic E-state index is 0.151. The summed E-state index contributed by atoms with van der Waals surface area (Å²) in [5, 5.41) is 13.0. The number of anilines is 1. The van der Waals surface area contributed by atoms with E-state index in [1.807, 2.05) is 0 Å². The van der Waals surface area contributed by atoms with Crippen molar-refractivity contribution in [2.24, 2.45) is 7.05 Å². The molecule has 10 heteroatoms. The van der Waals surface area contributed by atoms with Gasteiger partial charge in [-0.05, 0) is 38.8 Å². The maximum Gasteiger partial charge on any atom is 0.343 e. The summed E-state index contributed by atoms with van der Waals surface area (Å²) in [6.45, 7) is 1.93. The quantitative estimate of drug-likeness (QED) is 0.737. The Bertz CT molecular complexity index is 694. The van der Waals surface area contributed by atoms with Crippen LogP contribution in [0.3, 0.4) is 0 Å². The molecule has 0 spiro atoms. The number of rotatable bonds is 4. The molecule has 0 saturated carbocycles. The second-order valence-corrected chi connectivity index (χ2v) is 5.49. The fourth-order valence-electron chi connectivity index (χ4n) is 1.57. The monoisotopic (exact) mass is 419 g/mol. The predicted octanol–water partition coefficient (Wildman–Crippen LogP) is 2.10. The number of nitrogens with one attached hydrogen (secondary N) is 2. The molecule has 0 bridgehead atoms. The molecule has 2 heterocycles. The topological polar surface area (TPSA) is 102 Å². The van der Waals surface area contributed by atoms with Crippen molar-refractivity contribution >= 4 is 49.6 Å². The lowest BCUT2D eigenvalue weighted by Crippen LogP contribution is -2.18. The van der Waals surface area contributed by atoms with Crippen molar-refractivity contribution in [2.75, 3.05) is 11.9 Å². The summed E-state index contributed by atoms with van der Waals surface area (Å²) in [6, 6.07) is 0. The van der Waals surface area contributed by atoms with Crippen LogP contribution in [-0.2, 0) is 11.8 Å². The number of H-pyrrole nitrogens is 1. The third-order valence-corrected chi connectivity index (χ3v) is 4.43. The highest BCUT2D eigenvalue weighted by atomic mass is 79.9. The fraction of sp³-hybridized carbons (Fsp3) is 0.273. The summed E-state index contributed by atoms with van der Waals surface area (Å²) in [6.07, 6.45) is 1.34. The zero-order valence-corrected chi connectivity index (χ0v) is 14.3. The highest BCUT2D eigenvalue weighted by Gasteiger charge is 2.22. The number of halogens is 2. The fourth-order valence-corrected chi connectivity index (χ4v) is 2.20. The van der Waals surface area contributed by atoms with Crippen LogP contribution in [-0.4, -0.2) is 38.5 Å². The smallest absolute Gasteiger partial charge is 0.343 e. The molecule has 0 aromatic carbocycles. The number of esters is 1. The molecule has 21 heavy (non-hydrogen) atoms. The van der Waals surface area contributed by atoms with Crippen LogP contribution in [0.25, 0.3) is 0 Å². The predicted molar refractivity (Wildman–Crippen MR) is 81.1 cm³/mol. The Labute approximate surface area is 136 Å². The van der Waals surface area contributed by atoms with Gasteiger partial charge in [-0.1, -0.05) is 0 Å². The molecule has 1 amide bonds. The first-order valence-electron chi connectivity index (χ1n) is 5.85. The highest BCUT2D eigenvalue weighted by molar-refractivity contribution is 9.13. The second kappa shape index (κ2) is 6.39. The van der Waals surface area contributed by atoms with Crippen molar-refractivity contribution in [3.8, 4) is 0 Å². The van der Waals surface area contributed by atoms with E-state index in [0.29, 0.717) is 9.08 Å². The minimum Gasteiger partial charge on any atom is -0.462 e. The first-order valence-corrected chi connectivity index (χ1v) is 7.44. The van der Waals surface area contributed by atoms with Gasteiger partial charge in [0.2, 0.25) is 0 Å². The Balaban J connectivity index is 2.27. The van der Waals surface area contributed by atoms with Gasteiger partial charge >= 0.3 is 5.97 Å². The summed E-state index contributed by atoms with van der Waals surface area (Å²) in [7, 11) is 1.61. The zero-order chi connectivity index (χ0) is 15.6. The van der Waals surface area contributed by atoms with Crippen LogP contribution in [0, 0.1) is 0 Å². The number of aromatic nitrogens is 4. The zero-order valence-electron chi connectivity index (χ0n) is 11.1. The van der Waals surface area contributed by atoms with E-state index in [9.17, 15) is 9.59 Å². The summed E-state index contributed by atoms with van der Waals surface area (Å²) in [5.41, 5.74) is 0.330. The Hall–Kier alpha value is -1.68. The average molecular weight is 421 g/mol. The molecule has 0 unspecified atom stereocenters. The lowest BCUT2D eigenvalue weighted by Gasteiger charge is -2.07. The van der Waals surface area contributed by atoms with Gasteiger partial charge in [-0.2, -0.15) is 10.2 Å². The molecule has 8 nitrogen and oxygen atoms in total. The van der Waals surface area contributed by atoms with E-state index in [1.165, 1.54) is 10.9 Å². The average Bonchev–Trinajstić information content (AvgIpc) is 2.95. The maximum atomic E-state index is 12.2. The van der Waals surface area contributed by atoms with Crippen LogP contribution in [0.1, 0.15) is 27.8 Å². The first-order chi connectivity index (χ1) is 9.95. The molecular formula is C11H11Br2N5O3. The molecule has 0 radical (unpaired) electrons. The number of aryl methyl sites for hydroxylation is 1. The Morgan fingerprint density at radius 3 is 2.76 bits per heavy atom. The molecule has 0 aliphatic heterocycles. The molecule has 0 saturated heterocycles. The number of carbonyl (C=O) groups excluding carboxylic acids is 2. The summed E-state index contributed by atoms with van der Waals surface area (Å²) < 4.78 is 7.32. The summed E-state index contributed by atoms with van der Waals surface area (Å²) in [4.78, 5) is 24.0. The van der Waals surface area contributed by atoms with Gasteiger partial charge in [0, 0.05) is 7.05 Å². The molecule has 0 fully saturated rings. The third-order valence-electron chi connectivity index (χ3n) is 2.55.